The van der Waals surface area contributed by atoms with Gasteiger partial charge < -0.3 is 19.5 Å². The van der Waals surface area contributed by atoms with Crippen molar-refractivity contribution in [1.82, 2.24) is 19.4 Å². The van der Waals surface area contributed by atoms with Crippen molar-refractivity contribution in [3.8, 4) is 0 Å². The average molecular weight is 309 g/mol. The van der Waals surface area contributed by atoms with E-state index in [0.717, 1.165) is 0 Å². The molecular weight excluding hydrogens is 286 g/mol. The van der Waals surface area contributed by atoms with Gasteiger partial charge >= 0.3 is 0 Å². The molecule has 1 unspecified atom stereocenters. The first-order valence-electron chi connectivity index (χ1n) is 7.28. The Hall–Kier alpha value is -2.09. The van der Waals surface area contributed by atoms with E-state index in [4.69, 9.17) is 0 Å². The Labute approximate surface area is 129 Å². The number of nitrogens with zero attached hydrogens (tertiary/aromatic N) is 5. The lowest BCUT2D eigenvalue weighted by Gasteiger charge is -2.38. The molecule has 2 amide bonds. The zero-order valence-electron chi connectivity index (χ0n) is 13.5. The molecule has 8 heteroatoms. The van der Waals surface area contributed by atoms with Crippen LogP contribution in [0.4, 0.5) is 5.82 Å². The fraction of sp³-hybridized carbons (Fsp3) is 0.643. The third kappa shape index (κ3) is 2.92. The van der Waals surface area contributed by atoms with Crippen molar-refractivity contribution in [2.24, 2.45) is 7.05 Å². The quantitative estimate of drug-likeness (QED) is 0.765. The molecule has 1 aliphatic rings. The molecule has 1 atom stereocenters. The van der Waals surface area contributed by atoms with Crippen LogP contribution in [-0.2, 0) is 11.8 Å². The number of hydrogen-bond acceptors (Lipinski definition) is 5. The van der Waals surface area contributed by atoms with Crippen molar-refractivity contribution in [3.63, 3.8) is 0 Å². The second-order valence-corrected chi connectivity index (χ2v) is 5.73. The first kappa shape index (κ1) is 16.3. The van der Waals surface area contributed by atoms with Crippen LogP contribution in [0.25, 0.3) is 0 Å². The van der Waals surface area contributed by atoms with Crippen LogP contribution in [0, 0.1) is 0 Å². The summed E-state index contributed by atoms with van der Waals surface area (Å²) >= 11 is 0. The maximum Gasteiger partial charge on any atom is 0.277 e. The molecule has 1 aliphatic heterocycles. The molecule has 0 saturated carbocycles. The van der Waals surface area contributed by atoms with Crippen molar-refractivity contribution in [2.45, 2.75) is 25.6 Å². The van der Waals surface area contributed by atoms with Gasteiger partial charge in [-0.25, -0.2) is 4.98 Å². The van der Waals surface area contributed by atoms with Gasteiger partial charge in [-0.15, -0.1) is 0 Å². The third-order valence-corrected chi connectivity index (χ3v) is 3.88. The van der Waals surface area contributed by atoms with Gasteiger partial charge in [-0.2, -0.15) is 0 Å². The van der Waals surface area contributed by atoms with E-state index >= 15 is 0 Å². The number of unbranched alkanes of at least 4 members (excludes halogenated alkanes) is 1. The minimum Gasteiger partial charge on any atom is -0.356 e. The van der Waals surface area contributed by atoms with Gasteiger partial charge in [0.05, 0.1) is 6.33 Å². The van der Waals surface area contributed by atoms with E-state index in [2.05, 4.69) is 4.98 Å². The fourth-order valence-corrected chi connectivity index (χ4v) is 2.48. The van der Waals surface area contributed by atoms with Gasteiger partial charge in [-0.3, -0.25) is 14.5 Å². The minimum absolute atomic E-state index is 0.0663. The zero-order chi connectivity index (χ0) is 16.4. The lowest BCUT2D eigenvalue weighted by Crippen LogP contribution is -2.54. The molecule has 2 rings (SSSR count). The van der Waals surface area contributed by atoms with Crippen molar-refractivity contribution < 1.29 is 14.7 Å². The number of aliphatic hydroxyl groups is 1. The molecule has 0 aliphatic carbocycles. The number of hydrogen-bond donors (Lipinski definition) is 1. The van der Waals surface area contributed by atoms with Crippen LogP contribution in [0.1, 0.15) is 29.8 Å². The Morgan fingerprint density at radius 1 is 1.36 bits per heavy atom. The van der Waals surface area contributed by atoms with Gasteiger partial charge in [0.1, 0.15) is 0 Å². The molecule has 1 N–H and O–H groups in total. The molecule has 0 spiro atoms. The average Bonchev–Trinajstić information content (AvgIpc) is 2.85. The van der Waals surface area contributed by atoms with Gasteiger partial charge in [-0.1, -0.05) is 0 Å². The highest BCUT2D eigenvalue weighted by molar-refractivity contribution is 5.99. The molecule has 0 saturated heterocycles. The zero-order valence-corrected chi connectivity index (χ0v) is 13.5. The smallest absolute Gasteiger partial charge is 0.277 e. The summed E-state index contributed by atoms with van der Waals surface area (Å²) < 4.78 is 1.66. The normalized spacial score (nSPS) is 17.7. The molecule has 0 aromatic carbocycles. The van der Waals surface area contributed by atoms with E-state index in [1.54, 1.807) is 48.9 Å². The standard InChI is InChI=1S/C14H23N5O3/c1-16(2)10(20)7-5-6-8-19-13(21)11-12(15-9-17(11)3)18(4)14(19)22/h9,14,22H,5-8H2,1-4H3. The Morgan fingerprint density at radius 3 is 2.68 bits per heavy atom. The maximum absolute atomic E-state index is 12.5. The van der Waals surface area contributed by atoms with E-state index < -0.39 is 6.35 Å². The molecule has 1 aromatic rings. The highest BCUT2D eigenvalue weighted by atomic mass is 16.3. The number of fused-ring (bicyclic) bond motifs is 1. The van der Waals surface area contributed by atoms with Crippen LogP contribution in [0.15, 0.2) is 6.33 Å². The summed E-state index contributed by atoms with van der Waals surface area (Å²) in [7, 11) is 6.90. The summed E-state index contributed by atoms with van der Waals surface area (Å²) in [5.74, 6) is 0.315. The molecule has 0 fully saturated rings. The third-order valence-electron chi connectivity index (χ3n) is 3.88. The number of aliphatic hydroxyl groups excluding tert-OH is 1. The number of carbonyl (C=O) groups is 2. The Bertz CT molecular complexity index is 569. The summed E-state index contributed by atoms with van der Waals surface area (Å²) in [6.45, 7) is 0.398. The number of aromatic nitrogens is 2. The molecule has 22 heavy (non-hydrogen) atoms. The van der Waals surface area contributed by atoms with Crippen LogP contribution in [-0.4, -0.2) is 70.3 Å². The number of rotatable bonds is 5. The Balaban J connectivity index is 1.99. The van der Waals surface area contributed by atoms with Crippen molar-refractivity contribution in [1.29, 1.82) is 0 Å². The fourth-order valence-electron chi connectivity index (χ4n) is 2.48. The number of aryl methyl sites for hydroxylation is 1. The molecule has 1 aromatic heterocycles. The van der Waals surface area contributed by atoms with Crippen LogP contribution in [0.3, 0.4) is 0 Å². The molecule has 0 bridgehead atoms. The van der Waals surface area contributed by atoms with Gasteiger partial charge in [0.25, 0.3) is 5.91 Å². The number of imidazole rings is 1. The Morgan fingerprint density at radius 2 is 2.05 bits per heavy atom. The number of amides is 2. The summed E-state index contributed by atoms with van der Waals surface area (Å²) in [6.07, 6.45) is 2.31. The molecule has 0 radical (unpaired) electrons. The predicted octanol–water partition coefficient (Wildman–Crippen LogP) is -0.153. The predicted molar refractivity (Wildman–Crippen MR) is 81.2 cm³/mol. The molecule has 122 valence electrons. The number of anilines is 1. The summed E-state index contributed by atoms with van der Waals surface area (Å²) in [4.78, 5) is 32.7. The van der Waals surface area contributed by atoms with E-state index in [9.17, 15) is 14.7 Å². The summed E-state index contributed by atoms with van der Waals surface area (Å²) in [6, 6.07) is 0. The SMILES string of the molecule is CN(C)C(=O)CCCCN1C(=O)c2c(ncn2C)N(C)C1O. The lowest BCUT2D eigenvalue weighted by atomic mass is 10.2. The first-order chi connectivity index (χ1) is 10.3. The van der Waals surface area contributed by atoms with Gasteiger partial charge in [0.2, 0.25) is 12.3 Å². The Kier molecular flexibility index (Phi) is 4.70. The van der Waals surface area contributed by atoms with E-state index in [0.29, 0.717) is 37.3 Å². The van der Waals surface area contributed by atoms with Crippen molar-refractivity contribution in [3.05, 3.63) is 12.0 Å². The largest absolute Gasteiger partial charge is 0.356 e. The summed E-state index contributed by atoms with van der Waals surface area (Å²) in [5.41, 5.74) is 0.470. The molecule has 8 nitrogen and oxygen atoms in total. The van der Waals surface area contributed by atoms with E-state index in [-0.39, 0.29) is 11.8 Å². The van der Waals surface area contributed by atoms with Crippen LogP contribution in [0.2, 0.25) is 0 Å². The molecular formula is C14H23N5O3. The highest BCUT2D eigenvalue weighted by Crippen LogP contribution is 2.27. The van der Waals surface area contributed by atoms with Crippen molar-refractivity contribution >= 4 is 17.6 Å². The van der Waals surface area contributed by atoms with Gasteiger partial charge in [0.15, 0.2) is 11.5 Å². The van der Waals surface area contributed by atoms with E-state index in [1.165, 1.54) is 4.90 Å². The first-order valence-corrected chi connectivity index (χ1v) is 7.28. The second kappa shape index (κ2) is 6.35. The van der Waals surface area contributed by atoms with Crippen LogP contribution < -0.4 is 4.90 Å². The maximum atomic E-state index is 12.5. The molecule has 2 heterocycles. The van der Waals surface area contributed by atoms with Crippen molar-refractivity contribution in [2.75, 3.05) is 32.6 Å². The van der Waals surface area contributed by atoms with E-state index in [1.807, 2.05) is 0 Å². The lowest BCUT2D eigenvalue weighted by molar-refractivity contribution is -0.128. The van der Waals surface area contributed by atoms with Crippen LogP contribution >= 0.6 is 0 Å². The minimum atomic E-state index is -1.03. The number of carbonyl (C=O) groups excluding carboxylic acids is 2. The highest BCUT2D eigenvalue weighted by Gasteiger charge is 2.37. The summed E-state index contributed by atoms with van der Waals surface area (Å²) in [5, 5.41) is 10.3. The van der Waals surface area contributed by atoms with Gasteiger partial charge in [-0.05, 0) is 12.8 Å². The second-order valence-electron chi connectivity index (χ2n) is 5.73. The van der Waals surface area contributed by atoms with Gasteiger partial charge in [0, 0.05) is 41.2 Å². The monoisotopic (exact) mass is 309 g/mol. The van der Waals surface area contributed by atoms with Crippen LogP contribution in [0.5, 0.6) is 0 Å². The topological polar surface area (TPSA) is 81.9 Å².